The van der Waals surface area contributed by atoms with Crippen molar-refractivity contribution in [2.45, 2.75) is 123 Å². The maximum absolute atomic E-state index is 14.4. The zero-order valence-corrected chi connectivity index (χ0v) is 34.9. The highest BCUT2D eigenvalue weighted by Crippen LogP contribution is 2.45. The first-order chi connectivity index (χ1) is 24.3. The SMILES string of the molecule is CCS(=O)(=N[Si](C)(C)C(C)(C)C)N[C@@H]1CC[C@@H](CN2CCC3(CC2)CN(c2ncncc2Oc2ccc(F)cc2C(=O)N(C(C)C)C(C)C)C3)OC1. The molecule has 4 heterocycles. The van der Waals surface area contributed by atoms with E-state index in [2.05, 4.69) is 58.4 Å². The average Bonchev–Trinajstić information content (AvgIpc) is 3.05. The van der Waals surface area contributed by atoms with E-state index in [1.807, 2.05) is 34.6 Å². The number of halogens is 1. The van der Waals surface area contributed by atoms with Crippen molar-refractivity contribution in [3.8, 4) is 11.5 Å². The number of nitrogens with zero attached hydrogens (tertiary/aromatic N) is 6. The predicted octanol–water partition coefficient (Wildman–Crippen LogP) is 7.11. The van der Waals surface area contributed by atoms with E-state index in [4.69, 9.17) is 13.5 Å². The molecule has 1 unspecified atom stereocenters. The molecule has 1 spiro atoms. The minimum atomic E-state index is -2.48. The minimum Gasteiger partial charge on any atom is -0.451 e. The van der Waals surface area contributed by atoms with Crippen LogP contribution in [0.5, 0.6) is 11.5 Å². The van der Waals surface area contributed by atoms with Gasteiger partial charge in [0.25, 0.3) is 5.91 Å². The molecule has 1 aromatic heterocycles. The molecule has 3 fully saturated rings. The molecule has 1 N–H and O–H groups in total. The Balaban J connectivity index is 1.13. The number of hydrogen-bond acceptors (Lipinski definition) is 9. The molecule has 1 aromatic carbocycles. The fourth-order valence-electron chi connectivity index (χ4n) is 7.41. The van der Waals surface area contributed by atoms with Gasteiger partial charge in [-0.15, -0.1) is 0 Å². The number of carbonyl (C=O) groups is 1. The molecule has 3 aliphatic heterocycles. The van der Waals surface area contributed by atoms with Crippen molar-refractivity contribution >= 4 is 29.9 Å². The first-order valence-corrected chi connectivity index (χ1v) is 23.7. The molecule has 0 bridgehead atoms. The van der Waals surface area contributed by atoms with Gasteiger partial charge in [0.1, 0.15) is 17.9 Å². The Kier molecular flexibility index (Phi) is 12.5. The predicted molar refractivity (Wildman–Crippen MR) is 209 cm³/mol. The summed E-state index contributed by atoms with van der Waals surface area (Å²) in [6, 6.07) is 4.00. The number of anilines is 1. The van der Waals surface area contributed by atoms with Crippen LogP contribution in [0.2, 0.25) is 18.1 Å². The smallest absolute Gasteiger partial charge is 0.258 e. The Morgan fingerprint density at radius 2 is 1.83 bits per heavy atom. The van der Waals surface area contributed by atoms with Gasteiger partial charge in [0.15, 0.2) is 19.8 Å². The van der Waals surface area contributed by atoms with Crippen LogP contribution in [0.1, 0.15) is 91.4 Å². The fraction of sp³-hybridized carbons (Fsp3) is 0.711. The Morgan fingerprint density at radius 1 is 1.15 bits per heavy atom. The number of aromatic nitrogens is 2. The number of carbonyl (C=O) groups excluding carboxylic acids is 1. The molecule has 3 aliphatic rings. The second kappa shape index (κ2) is 16.0. The molecule has 52 heavy (non-hydrogen) atoms. The summed E-state index contributed by atoms with van der Waals surface area (Å²) in [6.07, 6.45) is 7.36. The van der Waals surface area contributed by atoms with Crippen LogP contribution in [0, 0.1) is 11.2 Å². The van der Waals surface area contributed by atoms with Gasteiger partial charge in [-0.3, -0.25) is 8.82 Å². The molecule has 0 saturated carbocycles. The maximum Gasteiger partial charge on any atom is 0.258 e. The van der Waals surface area contributed by atoms with E-state index in [0.717, 1.165) is 58.4 Å². The summed E-state index contributed by atoms with van der Waals surface area (Å²) < 4.78 is 49.2. The highest BCUT2D eigenvalue weighted by Gasteiger charge is 2.46. The Labute approximate surface area is 312 Å². The molecule has 0 radical (unpaired) electrons. The van der Waals surface area contributed by atoms with Gasteiger partial charge in [0, 0.05) is 48.9 Å². The quantitative estimate of drug-likeness (QED) is 0.228. The van der Waals surface area contributed by atoms with E-state index in [0.29, 0.717) is 23.9 Å². The summed E-state index contributed by atoms with van der Waals surface area (Å²) >= 11 is 0. The molecule has 290 valence electrons. The Hall–Kier alpha value is -2.65. The van der Waals surface area contributed by atoms with E-state index in [1.54, 1.807) is 11.1 Å². The second-order valence-electron chi connectivity index (χ2n) is 17.2. The van der Waals surface area contributed by atoms with Crippen molar-refractivity contribution in [3.05, 3.63) is 42.1 Å². The summed E-state index contributed by atoms with van der Waals surface area (Å²) in [4.78, 5) is 28.8. The van der Waals surface area contributed by atoms with E-state index >= 15 is 0 Å². The van der Waals surface area contributed by atoms with Crippen molar-refractivity contribution in [2.75, 3.05) is 50.0 Å². The maximum atomic E-state index is 14.4. The first kappa shape index (κ1) is 40.5. The number of benzene rings is 1. The summed E-state index contributed by atoms with van der Waals surface area (Å²) in [5.41, 5.74) is 0.387. The van der Waals surface area contributed by atoms with Crippen molar-refractivity contribution < 1.29 is 22.9 Å². The molecule has 11 nitrogen and oxygen atoms in total. The highest BCUT2D eigenvalue weighted by molar-refractivity contribution is 7.92. The topological polar surface area (TPSA) is 112 Å². The average molecular weight is 760 g/mol. The van der Waals surface area contributed by atoms with E-state index < -0.39 is 24.0 Å². The lowest BCUT2D eigenvalue weighted by molar-refractivity contribution is -0.0298. The Bertz CT molecular complexity index is 1660. The van der Waals surface area contributed by atoms with Crippen LogP contribution in [0.25, 0.3) is 0 Å². The number of hydrogen-bond donors (Lipinski definition) is 1. The molecule has 2 aromatic rings. The molecule has 5 rings (SSSR count). The van der Waals surface area contributed by atoms with Crippen LogP contribution < -0.4 is 14.4 Å². The number of ether oxygens (including phenoxy) is 2. The van der Waals surface area contributed by atoms with Gasteiger partial charge in [-0.2, -0.15) is 0 Å². The van der Waals surface area contributed by atoms with Crippen LogP contribution in [0.3, 0.4) is 0 Å². The third-order valence-corrected chi connectivity index (χ3v) is 19.6. The van der Waals surface area contributed by atoms with E-state index in [1.165, 1.54) is 24.5 Å². The lowest BCUT2D eigenvalue weighted by Gasteiger charge is -2.54. The minimum absolute atomic E-state index is 0.0420. The summed E-state index contributed by atoms with van der Waals surface area (Å²) in [7, 11) is -4.54. The zero-order chi connectivity index (χ0) is 38.1. The van der Waals surface area contributed by atoms with Gasteiger partial charge < -0.3 is 24.2 Å². The van der Waals surface area contributed by atoms with E-state index in [9.17, 15) is 13.4 Å². The molecule has 0 aliphatic carbocycles. The molecule has 3 atom stereocenters. The summed E-state index contributed by atoms with van der Waals surface area (Å²) in [5.74, 6) is 1.14. The molecular weight excluding hydrogens is 698 g/mol. The second-order valence-corrected chi connectivity index (χ2v) is 24.6. The number of nitrogens with one attached hydrogen (secondary N) is 1. The largest absolute Gasteiger partial charge is 0.451 e. The third kappa shape index (κ3) is 9.34. The number of amides is 1. The van der Waals surface area contributed by atoms with Crippen molar-refractivity contribution in [1.82, 2.24) is 24.5 Å². The lowest BCUT2D eigenvalue weighted by Crippen LogP contribution is -2.61. The lowest BCUT2D eigenvalue weighted by atomic mass is 9.72. The molecule has 3 saturated heterocycles. The van der Waals surface area contributed by atoms with Crippen molar-refractivity contribution in [1.29, 1.82) is 0 Å². The van der Waals surface area contributed by atoms with Crippen molar-refractivity contribution in [2.24, 2.45) is 9.44 Å². The zero-order valence-electron chi connectivity index (χ0n) is 33.1. The van der Waals surface area contributed by atoms with Gasteiger partial charge in [-0.25, -0.2) is 23.3 Å². The monoisotopic (exact) mass is 759 g/mol. The number of piperidine rings is 1. The molecule has 1 amide bonds. The standard InChI is InChI=1S/C38H62FN7O4SSi/c1-11-51(48,43-52(9,10)37(6,7)8)42-30-13-14-31(49-23-30)22-44-18-16-38(17-19-44)24-45(25-38)35-34(21-40-26-41-35)50-33-15-12-29(39)20-32(33)36(47)46(27(2)3)28(4)5/h12,15,20-21,26-28,30-31H,11,13-14,16-19,22-25H2,1-10H3,(H,42,43,48)/t30-,31+,51?/m1/s1. The van der Waals surface area contributed by atoms with Crippen LogP contribution in [-0.4, -0.2) is 107 Å². The third-order valence-electron chi connectivity index (χ3n) is 11.5. The van der Waals surface area contributed by atoms with Gasteiger partial charge in [-0.05, 0) is 103 Å². The fourth-order valence-corrected chi connectivity index (χ4v) is 13.1. The summed E-state index contributed by atoms with van der Waals surface area (Å²) in [5, 5.41) is 0.0420. The van der Waals surface area contributed by atoms with Crippen LogP contribution in [0.4, 0.5) is 10.2 Å². The van der Waals surface area contributed by atoms with Crippen LogP contribution >= 0.6 is 0 Å². The normalized spacial score (nSPS) is 22.3. The van der Waals surface area contributed by atoms with Crippen LogP contribution in [-0.2, 0) is 14.7 Å². The van der Waals surface area contributed by atoms with Crippen molar-refractivity contribution in [3.63, 3.8) is 0 Å². The number of rotatable bonds is 12. The van der Waals surface area contributed by atoms with Gasteiger partial charge in [0.05, 0.1) is 34.4 Å². The van der Waals surface area contributed by atoms with E-state index in [-0.39, 0.29) is 51.9 Å². The first-order valence-electron chi connectivity index (χ1n) is 19.1. The van der Waals surface area contributed by atoms with Gasteiger partial charge in [0.2, 0.25) is 0 Å². The Morgan fingerprint density at radius 3 is 2.40 bits per heavy atom. The van der Waals surface area contributed by atoms with Gasteiger partial charge in [-0.1, -0.05) is 27.7 Å². The van der Waals surface area contributed by atoms with Gasteiger partial charge >= 0.3 is 0 Å². The molecular formula is C38H62FN7O4SSi. The molecule has 14 heteroatoms. The number of likely N-dealkylation sites (tertiary alicyclic amines) is 1. The summed E-state index contributed by atoms with van der Waals surface area (Å²) in [6.45, 7) is 26.0. The highest BCUT2D eigenvalue weighted by atomic mass is 32.2. The van der Waals surface area contributed by atoms with Crippen LogP contribution in [0.15, 0.2) is 34.8 Å².